The third-order valence-electron chi connectivity index (χ3n) is 2.46. The molecule has 21 heavy (non-hydrogen) atoms. The quantitative estimate of drug-likeness (QED) is 0.723. The van der Waals surface area contributed by atoms with E-state index >= 15 is 0 Å². The van der Waals surface area contributed by atoms with E-state index in [1.165, 1.54) is 13.2 Å². The van der Waals surface area contributed by atoms with Crippen LogP contribution in [0.1, 0.15) is 17.3 Å². The summed E-state index contributed by atoms with van der Waals surface area (Å²) in [6, 6.07) is 3.39. The molecule has 0 bridgehead atoms. The van der Waals surface area contributed by atoms with Crippen molar-refractivity contribution >= 4 is 46.0 Å². The van der Waals surface area contributed by atoms with Crippen molar-refractivity contribution in [1.82, 2.24) is 15.2 Å². The van der Waals surface area contributed by atoms with Crippen LogP contribution in [0, 0.1) is 3.57 Å². The fraction of sp³-hybridized carbons (Fsp3) is 0.250. The van der Waals surface area contributed by atoms with Gasteiger partial charge < -0.3 is 9.47 Å². The lowest BCUT2D eigenvalue weighted by Gasteiger charge is -2.09. The number of carbonyl (C=O) groups is 1. The van der Waals surface area contributed by atoms with Crippen LogP contribution in [0.4, 0.5) is 5.95 Å². The number of hydrogen-bond donors (Lipinski definition) is 2. The highest BCUT2D eigenvalue weighted by Crippen LogP contribution is 2.28. The molecule has 0 saturated heterocycles. The second-order valence-electron chi connectivity index (χ2n) is 3.82. The average molecular weight is 423 g/mol. The van der Waals surface area contributed by atoms with E-state index in [0.29, 0.717) is 22.9 Å². The summed E-state index contributed by atoms with van der Waals surface area (Å²) in [6.07, 6.45) is 0. The number of aromatic nitrogens is 3. The molecule has 1 heterocycles. The molecule has 0 aliphatic carbocycles. The smallest absolute Gasteiger partial charge is 0.337 e. The normalized spacial score (nSPS) is 10.3. The predicted octanol–water partition coefficient (Wildman–Crippen LogP) is 2.72. The van der Waals surface area contributed by atoms with E-state index in [1.807, 2.05) is 6.92 Å². The minimum atomic E-state index is -0.413. The number of aromatic amines is 1. The second-order valence-corrected chi connectivity index (χ2v) is 5.39. The van der Waals surface area contributed by atoms with Crippen LogP contribution >= 0.6 is 34.2 Å². The number of nitrogens with one attached hydrogen (secondary N) is 2. The molecule has 0 aliphatic rings. The molecule has 2 rings (SSSR count). The van der Waals surface area contributed by atoms with Crippen LogP contribution in [0.15, 0.2) is 12.1 Å². The molecule has 0 unspecified atom stereocenters. The van der Waals surface area contributed by atoms with Crippen molar-refractivity contribution in [2.45, 2.75) is 6.92 Å². The van der Waals surface area contributed by atoms with Gasteiger partial charge in [0.25, 0.3) is 5.91 Å². The summed E-state index contributed by atoms with van der Waals surface area (Å²) >= 11 is 8.10. The molecular weight excluding hydrogens is 411 g/mol. The third-order valence-corrected chi connectivity index (χ3v) is 3.98. The second kappa shape index (κ2) is 6.94. The lowest BCUT2D eigenvalue weighted by atomic mass is 10.2. The van der Waals surface area contributed by atoms with Crippen molar-refractivity contribution in [2.75, 3.05) is 19.0 Å². The fourth-order valence-electron chi connectivity index (χ4n) is 1.55. The Bertz CT molecular complexity index is 662. The van der Waals surface area contributed by atoms with Gasteiger partial charge in [-0.15, -0.1) is 5.10 Å². The van der Waals surface area contributed by atoms with Crippen LogP contribution in [0.3, 0.4) is 0 Å². The fourth-order valence-corrected chi connectivity index (χ4v) is 2.15. The lowest BCUT2D eigenvalue weighted by Crippen LogP contribution is -2.14. The first-order valence-corrected chi connectivity index (χ1v) is 7.40. The molecule has 0 fully saturated rings. The topological polar surface area (TPSA) is 89.1 Å². The Hall–Kier alpha value is -1.55. The molecule has 1 amide bonds. The number of H-pyrrole nitrogens is 1. The number of methoxy groups -OCH3 is 1. The first kappa shape index (κ1) is 15.8. The number of carbonyl (C=O) groups excluding carboxylic acids is 1. The molecule has 1 aromatic heterocycles. The van der Waals surface area contributed by atoms with Crippen LogP contribution in [0.25, 0.3) is 0 Å². The first-order chi connectivity index (χ1) is 10.0. The zero-order chi connectivity index (χ0) is 15.4. The minimum Gasteiger partial charge on any atom is -0.496 e. The molecule has 0 atom stereocenters. The molecule has 0 radical (unpaired) electrons. The highest BCUT2D eigenvalue weighted by molar-refractivity contribution is 14.1. The van der Waals surface area contributed by atoms with Crippen LogP contribution in [-0.2, 0) is 0 Å². The van der Waals surface area contributed by atoms with Crippen LogP contribution in [0.5, 0.6) is 11.8 Å². The molecular formula is C12H12ClIN4O3. The molecule has 2 N–H and O–H groups in total. The number of benzene rings is 1. The van der Waals surface area contributed by atoms with E-state index in [4.69, 9.17) is 21.1 Å². The highest BCUT2D eigenvalue weighted by atomic mass is 127. The third kappa shape index (κ3) is 3.76. The summed E-state index contributed by atoms with van der Waals surface area (Å²) in [6.45, 7) is 2.25. The van der Waals surface area contributed by atoms with Gasteiger partial charge in [0.1, 0.15) is 5.75 Å². The summed E-state index contributed by atoms with van der Waals surface area (Å²) in [5.41, 5.74) is 0.303. The number of hydrogen-bond acceptors (Lipinski definition) is 5. The van der Waals surface area contributed by atoms with E-state index in [-0.39, 0.29) is 12.0 Å². The lowest BCUT2D eigenvalue weighted by molar-refractivity contribution is 0.102. The van der Waals surface area contributed by atoms with Gasteiger partial charge in [-0.3, -0.25) is 10.1 Å². The van der Waals surface area contributed by atoms with Gasteiger partial charge >= 0.3 is 6.01 Å². The largest absolute Gasteiger partial charge is 0.496 e. The van der Waals surface area contributed by atoms with E-state index in [1.54, 1.807) is 6.07 Å². The Kier molecular flexibility index (Phi) is 5.23. The standard InChI is InChI=1S/C12H12ClIN4O3/c1-3-21-12-16-11(17-18-12)15-10(19)6-4-7(13)8(14)5-9(6)20-2/h4-5H,3H2,1-2H3,(H2,15,16,17,18,19). The van der Waals surface area contributed by atoms with Crippen molar-refractivity contribution in [3.8, 4) is 11.8 Å². The van der Waals surface area contributed by atoms with Crippen LogP contribution < -0.4 is 14.8 Å². The van der Waals surface area contributed by atoms with Crippen molar-refractivity contribution in [2.24, 2.45) is 0 Å². The van der Waals surface area contributed by atoms with Gasteiger partial charge in [-0.2, -0.15) is 4.98 Å². The zero-order valence-electron chi connectivity index (χ0n) is 11.2. The van der Waals surface area contributed by atoms with Crippen molar-refractivity contribution in [3.63, 3.8) is 0 Å². The number of halogens is 2. The average Bonchev–Trinajstić information content (AvgIpc) is 2.89. The van der Waals surface area contributed by atoms with Gasteiger partial charge in [0.2, 0.25) is 5.95 Å². The molecule has 7 nitrogen and oxygen atoms in total. The number of amides is 1. The Labute approximate surface area is 139 Å². The maximum atomic E-state index is 12.2. The van der Waals surface area contributed by atoms with Gasteiger partial charge in [0.15, 0.2) is 0 Å². The Morgan fingerprint density at radius 3 is 2.95 bits per heavy atom. The summed E-state index contributed by atoms with van der Waals surface area (Å²) in [5.74, 6) is 0.190. The van der Waals surface area contributed by atoms with Gasteiger partial charge in [0.05, 0.1) is 24.3 Å². The van der Waals surface area contributed by atoms with Gasteiger partial charge in [-0.05, 0) is 41.6 Å². The van der Waals surface area contributed by atoms with Crippen molar-refractivity contribution in [3.05, 3.63) is 26.3 Å². The van der Waals surface area contributed by atoms with Crippen molar-refractivity contribution < 1.29 is 14.3 Å². The minimum absolute atomic E-state index is 0.167. The molecule has 112 valence electrons. The number of anilines is 1. The zero-order valence-corrected chi connectivity index (χ0v) is 14.2. The van der Waals surface area contributed by atoms with Crippen LogP contribution in [0.2, 0.25) is 5.02 Å². The summed E-state index contributed by atoms with van der Waals surface area (Å²) < 4.78 is 11.1. The van der Waals surface area contributed by atoms with E-state index in [9.17, 15) is 4.79 Å². The number of nitrogens with zero attached hydrogens (tertiary/aromatic N) is 2. The predicted molar refractivity (Wildman–Crippen MR) is 86.2 cm³/mol. The van der Waals surface area contributed by atoms with E-state index in [2.05, 4.69) is 43.1 Å². The molecule has 1 aromatic carbocycles. The Morgan fingerprint density at radius 2 is 2.29 bits per heavy atom. The van der Waals surface area contributed by atoms with Gasteiger partial charge in [-0.25, -0.2) is 5.10 Å². The monoisotopic (exact) mass is 422 g/mol. The SMILES string of the molecule is CCOc1n[nH]c(NC(=O)c2cc(Cl)c(I)cc2OC)n1. The van der Waals surface area contributed by atoms with E-state index in [0.717, 1.165) is 3.57 Å². The number of rotatable bonds is 5. The van der Waals surface area contributed by atoms with Gasteiger partial charge in [0, 0.05) is 3.57 Å². The number of ether oxygens (including phenoxy) is 2. The molecule has 9 heteroatoms. The van der Waals surface area contributed by atoms with E-state index < -0.39 is 5.91 Å². The maximum absolute atomic E-state index is 12.2. The highest BCUT2D eigenvalue weighted by Gasteiger charge is 2.17. The molecule has 0 saturated carbocycles. The van der Waals surface area contributed by atoms with Gasteiger partial charge in [-0.1, -0.05) is 11.6 Å². The maximum Gasteiger partial charge on any atom is 0.337 e. The summed E-state index contributed by atoms with van der Waals surface area (Å²) in [5, 5.41) is 9.39. The Morgan fingerprint density at radius 1 is 1.52 bits per heavy atom. The van der Waals surface area contributed by atoms with Crippen LogP contribution in [-0.4, -0.2) is 34.8 Å². The summed E-state index contributed by atoms with van der Waals surface area (Å²) in [4.78, 5) is 16.2. The first-order valence-electron chi connectivity index (χ1n) is 5.94. The van der Waals surface area contributed by atoms with Crippen molar-refractivity contribution in [1.29, 1.82) is 0 Å². The Balaban J connectivity index is 2.21. The molecule has 0 spiro atoms. The molecule has 2 aromatic rings. The summed E-state index contributed by atoms with van der Waals surface area (Å²) in [7, 11) is 1.48. The molecule has 0 aliphatic heterocycles.